The van der Waals surface area contributed by atoms with Crippen molar-refractivity contribution in [3.63, 3.8) is 0 Å². The molecule has 0 bridgehead atoms. The summed E-state index contributed by atoms with van der Waals surface area (Å²) in [5.74, 6) is -3.40. The predicted octanol–water partition coefficient (Wildman–Crippen LogP) is 2.99. The van der Waals surface area contributed by atoms with E-state index in [1.54, 1.807) is 0 Å². The summed E-state index contributed by atoms with van der Waals surface area (Å²) in [6.45, 7) is -1.55. The maximum absolute atomic E-state index is 12.9. The molecule has 1 aliphatic rings. The topological polar surface area (TPSA) is 63.9 Å². The molecule has 6 nitrogen and oxygen atoms in total. The highest BCUT2D eigenvalue weighted by atomic mass is 19.4. The molecule has 1 amide bonds. The van der Waals surface area contributed by atoms with Crippen LogP contribution in [0, 0.1) is 0 Å². The molecule has 0 saturated carbocycles. The first-order valence-electron chi connectivity index (χ1n) is 8.14. The van der Waals surface area contributed by atoms with E-state index in [1.165, 1.54) is 35.3 Å². The molecule has 0 radical (unpaired) electrons. The highest BCUT2D eigenvalue weighted by molar-refractivity contribution is 5.83. The second-order valence-corrected chi connectivity index (χ2v) is 6.44. The molecule has 1 saturated heterocycles. The van der Waals surface area contributed by atoms with Crippen LogP contribution in [0.15, 0.2) is 36.7 Å². The Kier molecular flexibility index (Phi) is 4.05. The molecule has 0 spiro atoms. The SMILES string of the molecule is O=C(Cn1ncc2ncc(-c3cccc(C(F)(F)F)n3)cc21)N1CC(F)(F)C1. The number of carbonyl (C=O) groups excluding carboxylic acids is 1. The van der Waals surface area contributed by atoms with Crippen LogP contribution in [0.4, 0.5) is 22.0 Å². The first kappa shape index (κ1) is 18.3. The van der Waals surface area contributed by atoms with Gasteiger partial charge in [0.25, 0.3) is 5.92 Å². The van der Waals surface area contributed by atoms with E-state index in [2.05, 4.69) is 15.1 Å². The van der Waals surface area contributed by atoms with Gasteiger partial charge in [-0.15, -0.1) is 0 Å². The zero-order chi connectivity index (χ0) is 20.1. The zero-order valence-corrected chi connectivity index (χ0v) is 14.1. The Morgan fingerprint density at radius 1 is 1.18 bits per heavy atom. The third-order valence-electron chi connectivity index (χ3n) is 4.31. The maximum atomic E-state index is 12.9. The summed E-state index contributed by atoms with van der Waals surface area (Å²) in [4.78, 5) is 20.9. The lowest BCUT2D eigenvalue weighted by atomic mass is 10.1. The Hall–Kier alpha value is -3.11. The van der Waals surface area contributed by atoms with Crippen LogP contribution in [0.5, 0.6) is 0 Å². The number of likely N-dealkylation sites (tertiary alicyclic amines) is 1. The van der Waals surface area contributed by atoms with E-state index < -0.39 is 36.8 Å². The Balaban J connectivity index is 1.63. The molecule has 0 N–H and O–H groups in total. The van der Waals surface area contributed by atoms with Crippen molar-refractivity contribution in [1.29, 1.82) is 0 Å². The molecule has 0 aliphatic carbocycles. The van der Waals surface area contributed by atoms with E-state index in [-0.39, 0.29) is 12.2 Å². The number of amides is 1. The van der Waals surface area contributed by atoms with Gasteiger partial charge in [-0.1, -0.05) is 6.07 Å². The van der Waals surface area contributed by atoms with Gasteiger partial charge in [0, 0.05) is 11.8 Å². The smallest absolute Gasteiger partial charge is 0.329 e. The summed E-state index contributed by atoms with van der Waals surface area (Å²) in [6, 6.07) is 5.02. The maximum Gasteiger partial charge on any atom is 0.433 e. The van der Waals surface area contributed by atoms with E-state index in [9.17, 15) is 26.7 Å². The van der Waals surface area contributed by atoms with Gasteiger partial charge in [-0.05, 0) is 18.2 Å². The second kappa shape index (κ2) is 6.21. The van der Waals surface area contributed by atoms with Crippen LogP contribution in [-0.2, 0) is 17.5 Å². The standard InChI is InChI=1S/C17H12F5N5O/c18-16(19)8-26(9-16)15(28)7-27-13-4-10(5-23-12(13)6-24-27)11-2-1-3-14(25-11)17(20,21)22/h1-6H,7-9H2. The molecule has 3 aromatic rings. The summed E-state index contributed by atoms with van der Waals surface area (Å²) in [5, 5.41) is 4.02. The molecule has 1 fully saturated rings. The van der Waals surface area contributed by atoms with Crippen LogP contribution >= 0.6 is 0 Å². The number of rotatable bonds is 3. The fraction of sp³-hybridized carbons (Fsp3) is 0.294. The number of hydrogen-bond donors (Lipinski definition) is 0. The number of halogens is 5. The van der Waals surface area contributed by atoms with Gasteiger partial charge in [-0.25, -0.2) is 13.8 Å². The minimum atomic E-state index is -4.58. The Bertz CT molecular complexity index is 1050. The van der Waals surface area contributed by atoms with Crippen LogP contribution in [-0.4, -0.2) is 49.6 Å². The van der Waals surface area contributed by atoms with E-state index in [1.807, 2.05) is 0 Å². The highest BCUT2D eigenvalue weighted by Gasteiger charge is 2.46. The molecule has 1 aliphatic heterocycles. The van der Waals surface area contributed by atoms with Crippen LogP contribution < -0.4 is 0 Å². The van der Waals surface area contributed by atoms with Crippen molar-refractivity contribution in [2.45, 2.75) is 18.6 Å². The zero-order valence-electron chi connectivity index (χ0n) is 14.1. The quantitative estimate of drug-likeness (QED) is 0.638. The van der Waals surface area contributed by atoms with Gasteiger partial charge in [-0.3, -0.25) is 14.5 Å². The van der Waals surface area contributed by atoms with Gasteiger partial charge < -0.3 is 4.90 Å². The van der Waals surface area contributed by atoms with Crippen molar-refractivity contribution >= 4 is 16.9 Å². The number of aromatic nitrogens is 4. The summed E-state index contributed by atoms with van der Waals surface area (Å²) in [6.07, 6.45) is -1.84. The normalized spacial score (nSPS) is 16.2. The summed E-state index contributed by atoms with van der Waals surface area (Å²) >= 11 is 0. The van der Waals surface area contributed by atoms with Crippen molar-refractivity contribution in [3.8, 4) is 11.3 Å². The van der Waals surface area contributed by atoms with Crippen LogP contribution in [0.25, 0.3) is 22.3 Å². The van der Waals surface area contributed by atoms with Crippen molar-refractivity contribution in [1.82, 2.24) is 24.6 Å². The van der Waals surface area contributed by atoms with Crippen LogP contribution in [0.1, 0.15) is 5.69 Å². The summed E-state index contributed by atoms with van der Waals surface area (Å²) in [5.41, 5.74) is 0.135. The number of pyridine rings is 2. The molecule has 0 atom stereocenters. The van der Waals surface area contributed by atoms with Crippen LogP contribution in [0.2, 0.25) is 0 Å². The minimum Gasteiger partial charge on any atom is -0.329 e. The highest BCUT2D eigenvalue weighted by Crippen LogP contribution is 2.30. The van der Waals surface area contributed by atoms with Gasteiger partial charge in [0.2, 0.25) is 5.91 Å². The fourth-order valence-corrected chi connectivity index (χ4v) is 2.89. The first-order valence-corrected chi connectivity index (χ1v) is 8.14. The fourth-order valence-electron chi connectivity index (χ4n) is 2.89. The third kappa shape index (κ3) is 3.39. The average molecular weight is 397 g/mol. The lowest BCUT2D eigenvalue weighted by molar-refractivity contribution is -0.166. The largest absolute Gasteiger partial charge is 0.433 e. The molecule has 28 heavy (non-hydrogen) atoms. The molecule has 4 rings (SSSR count). The Morgan fingerprint density at radius 2 is 1.93 bits per heavy atom. The number of nitrogens with zero attached hydrogens (tertiary/aromatic N) is 5. The van der Waals surface area contributed by atoms with E-state index in [4.69, 9.17) is 0 Å². The second-order valence-electron chi connectivity index (χ2n) is 6.44. The van der Waals surface area contributed by atoms with Gasteiger partial charge in [0.15, 0.2) is 0 Å². The van der Waals surface area contributed by atoms with Gasteiger partial charge >= 0.3 is 6.18 Å². The predicted molar refractivity (Wildman–Crippen MR) is 87.3 cm³/mol. The van der Waals surface area contributed by atoms with E-state index in [0.29, 0.717) is 16.6 Å². The number of alkyl halides is 5. The molecule has 0 unspecified atom stereocenters. The van der Waals surface area contributed by atoms with Crippen molar-refractivity contribution in [2.75, 3.05) is 13.1 Å². The Morgan fingerprint density at radius 3 is 2.61 bits per heavy atom. The summed E-state index contributed by atoms with van der Waals surface area (Å²) < 4.78 is 65.8. The van der Waals surface area contributed by atoms with E-state index in [0.717, 1.165) is 11.0 Å². The molecule has 146 valence electrons. The molecule has 4 heterocycles. The van der Waals surface area contributed by atoms with Crippen LogP contribution in [0.3, 0.4) is 0 Å². The summed E-state index contributed by atoms with van der Waals surface area (Å²) in [7, 11) is 0. The Labute approximate surface area is 154 Å². The number of hydrogen-bond acceptors (Lipinski definition) is 4. The molecule has 11 heteroatoms. The van der Waals surface area contributed by atoms with E-state index >= 15 is 0 Å². The lowest BCUT2D eigenvalue weighted by Crippen LogP contribution is -2.59. The average Bonchev–Trinajstić information content (AvgIpc) is 3.01. The monoisotopic (exact) mass is 397 g/mol. The third-order valence-corrected chi connectivity index (χ3v) is 4.31. The molecule has 0 aromatic carbocycles. The number of fused-ring (bicyclic) bond motifs is 1. The minimum absolute atomic E-state index is 0.0608. The van der Waals surface area contributed by atoms with Crippen molar-refractivity contribution in [2.24, 2.45) is 0 Å². The van der Waals surface area contributed by atoms with Gasteiger partial charge in [0.05, 0.1) is 30.5 Å². The van der Waals surface area contributed by atoms with Gasteiger partial charge in [-0.2, -0.15) is 18.3 Å². The molecular formula is C17H12F5N5O. The number of carbonyl (C=O) groups is 1. The molecular weight excluding hydrogens is 385 g/mol. The first-order chi connectivity index (χ1) is 13.1. The van der Waals surface area contributed by atoms with Crippen molar-refractivity contribution in [3.05, 3.63) is 42.4 Å². The lowest BCUT2D eigenvalue weighted by Gasteiger charge is -2.38. The van der Waals surface area contributed by atoms with Gasteiger partial charge in [0.1, 0.15) is 17.8 Å². The van der Waals surface area contributed by atoms with Crippen molar-refractivity contribution < 1.29 is 26.7 Å². The molecule has 3 aromatic heterocycles.